The quantitative estimate of drug-likeness (QED) is 0.307. The van der Waals surface area contributed by atoms with Crippen molar-refractivity contribution in [1.82, 2.24) is 0 Å². The van der Waals surface area contributed by atoms with Crippen molar-refractivity contribution >= 4 is 39.9 Å². The zero-order valence-electron chi connectivity index (χ0n) is 18.2. The minimum Gasteiger partial charge on any atom is -0.495 e. The summed E-state index contributed by atoms with van der Waals surface area (Å²) in [5.41, 5.74) is 1.53. The van der Waals surface area contributed by atoms with Gasteiger partial charge in [-0.1, -0.05) is 30.7 Å². The number of anilines is 1. The van der Waals surface area contributed by atoms with Gasteiger partial charge in [-0.05, 0) is 61.0 Å². The second-order valence-corrected chi connectivity index (χ2v) is 7.71. The smallest absolute Gasteiger partial charge is 0.255 e. The molecule has 0 radical (unpaired) electrons. The number of carbonyl (C=O) groups is 2. The Morgan fingerprint density at radius 1 is 1.00 bits per heavy atom. The molecule has 1 N–H and O–H groups in total. The number of amides is 1. The van der Waals surface area contributed by atoms with Gasteiger partial charge in [0.05, 0.1) is 24.4 Å². The molecule has 0 bridgehead atoms. The van der Waals surface area contributed by atoms with Crippen molar-refractivity contribution in [3.8, 4) is 11.5 Å². The molecule has 0 atom stereocenters. The molecular formula is C26H22ClNO5. The number of benzene rings is 3. The Hall–Kier alpha value is -3.77. The van der Waals surface area contributed by atoms with Gasteiger partial charge in [0.15, 0.2) is 5.76 Å². The van der Waals surface area contributed by atoms with Crippen molar-refractivity contribution in [2.45, 2.75) is 13.3 Å². The van der Waals surface area contributed by atoms with Crippen LogP contribution in [0.5, 0.6) is 11.5 Å². The maximum Gasteiger partial charge on any atom is 0.255 e. The van der Waals surface area contributed by atoms with E-state index in [0.29, 0.717) is 50.9 Å². The normalized spacial score (nSPS) is 10.8. The average Bonchev–Trinajstić information content (AvgIpc) is 3.20. The maximum atomic E-state index is 13.3. The number of para-hydroxylation sites is 1. The Bertz CT molecular complexity index is 1310. The van der Waals surface area contributed by atoms with Crippen molar-refractivity contribution in [2.75, 3.05) is 19.0 Å². The largest absolute Gasteiger partial charge is 0.495 e. The Kier molecular flexibility index (Phi) is 6.66. The molecule has 33 heavy (non-hydrogen) atoms. The van der Waals surface area contributed by atoms with Crippen LogP contribution in [-0.4, -0.2) is 25.4 Å². The SMILES string of the molecule is CCCOc1ccc(C(=O)Nc2c(C(=O)c3ccc(OC)c(Cl)c3)oc3ccccc23)cc1. The van der Waals surface area contributed by atoms with Crippen molar-refractivity contribution in [1.29, 1.82) is 0 Å². The first-order chi connectivity index (χ1) is 16.0. The van der Waals surface area contributed by atoms with Crippen molar-refractivity contribution in [2.24, 2.45) is 0 Å². The number of methoxy groups -OCH3 is 1. The van der Waals surface area contributed by atoms with Crippen LogP contribution in [0.3, 0.4) is 0 Å². The predicted molar refractivity (Wildman–Crippen MR) is 128 cm³/mol. The average molecular weight is 464 g/mol. The van der Waals surface area contributed by atoms with Gasteiger partial charge >= 0.3 is 0 Å². The number of ketones is 1. The topological polar surface area (TPSA) is 77.8 Å². The third-order valence-electron chi connectivity index (χ3n) is 5.04. The van der Waals surface area contributed by atoms with E-state index in [1.54, 1.807) is 54.6 Å². The zero-order chi connectivity index (χ0) is 23.4. The summed E-state index contributed by atoms with van der Waals surface area (Å²) in [6.45, 7) is 2.63. The highest BCUT2D eigenvalue weighted by Crippen LogP contribution is 2.34. The summed E-state index contributed by atoms with van der Waals surface area (Å²) < 4.78 is 16.6. The van der Waals surface area contributed by atoms with Gasteiger partial charge in [-0.25, -0.2) is 0 Å². The molecule has 0 aliphatic rings. The fraction of sp³-hybridized carbons (Fsp3) is 0.154. The zero-order valence-corrected chi connectivity index (χ0v) is 18.9. The highest BCUT2D eigenvalue weighted by atomic mass is 35.5. The number of halogens is 1. The predicted octanol–water partition coefficient (Wildman–Crippen LogP) is 6.37. The third kappa shape index (κ3) is 4.71. The number of fused-ring (bicyclic) bond motifs is 1. The Morgan fingerprint density at radius 2 is 1.73 bits per heavy atom. The van der Waals surface area contributed by atoms with Crippen LogP contribution in [0.4, 0.5) is 5.69 Å². The monoisotopic (exact) mass is 463 g/mol. The molecule has 1 amide bonds. The van der Waals surface area contributed by atoms with E-state index in [1.807, 2.05) is 13.0 Å². The second kappa shape index (κ2) is 9.79. The number of carbonyl (C=O) groups excluding carboxylic acids is 2. The summed E-state index contributed by atoms with van der Waals surface area (Å²) in [6, 6.07) is 18.7. The number of hydrogen-bond donors (Lipinski definition) is 1. The number of rotatable bonds is 8. The van der Waals surface area contributed by atoms with Crippen LogP contribution in [0, 0.1) is 0 Å². The molecule has 0 aliphatic carbocycles. The molecule has 4 rings (SSSR count). The Balaban J connectivity index is 1.67. The van der Waals surface area contributed by atoms with Crippen molar-refractivity contribution in [3.05, 3.63) is 88.6 Å². The highest BCUT2D eigenvalue weighted by Gasteiger charge is 2.24. The van der Waals surface area contributed by atoms with Crippen LogP contribution in [0.2, 0.25) is 5.02 Å². The summed E-state index contributed by atoms with van der Waals surface area (Å²) in [5, 5.41) is 3.77. The maximum absolute atomic E-state index is 13.3. The summed E-state index contributed by atoms with van der Waals surface area (Å²) in [4.78, 5) is 26.3. The lowest BCUT2D eigenvalue weighted by Crippen LogP contribution is -2.14. The number of nitrogens with one attached hydrogen (secondary N) is 1. The number of ether oxygens (including phenoxy) is 2. The van der Waals surface area contributed by atoms with Gasteiger partial charge in [-0.2, -0.15) is 0 Å². The van der Waals surface area contributed by atoms with Crippen molar-refractivity contribution in [3.63, 3.8) is 0 Å². The third-order valence-corrected chi connectivity index (χ3v) is 5.34. The van der Waals surface area contributed by atoms with E-state index in [9.17, 15) is 9.59 Å². The van der Waals surface area contributed by atoms with Gasteiger partial charge in [0, 0.05) is 16.5 Å². The Labute approximate surface area is 196 Å². The van der Waals surface area contributed by atoms with E-state index < -0.39 is 5.78 Å². The number of furan rings is 1. The van der Waals surface area contributed by atoms with Gasteiger partial charge < -0.3 is 19.2 Å². The molecule has 0 aliphatic heterocycles. The molecule has 0 spiro atoms. The lowest BCUT2D eigenvalue weighted by atomic mass is 10.1. The Morgan fingerprint density at radius 3 is 2.42 bits per heavy atom. The standard InChI is InChI=1S/C26H22ClNO5/c1-3-14-32-18-11-8-16(9-12-18)26(30)28-23-19-6-4-5-7-21(19)33-25(23)24(29)17-10-13-22(31-2)20(27)15-17/h4-13,15H,3,14H2,1-2H3,(H,28,30). The summed E-state index contributed by atoms with van der Waals surface area (Å²) in [7, 11) is 1.50. The molecule has 168 valence electrons. The van der Waals surface area contributed by atoms with Gasteiger partial charge in [-0.15, -0.1) is 0 Å². The van der Waals surface area contributed by atoms with Crippen LogP contribution in [-0.2, 0) is 0 Å². The van der Waals surface area contributed by atoms with Crippen molar-refractivity contribution < 1.29 is 23.5 Å². The summed E-state index contributed by atoms with van der Waals surface area (Å²) >= 11 is 6.20. The van der Waals surface area contributed by atoms with Crippen LogP contribution < -0.4 is 14.8 Å². The summed E-state index contributed by atoms with van der Waals surface area (Å²) in [6.07, 6.45) is 0.895. The first-order valence-corrected chi connectivity index (χ1v) is 10.8. The molecule has 0 saturated carbocycles. The summed E-state index contributed by atoms with van der Waals surface area (Å²) in [5.74, 6) is 0.389. The first kappa shape index (κ1) is 22.4. The first-order valence-electron chi connectivity index (χ1n) is 10.5. The van der Waals surface area contributed by atoms with Crippen LogP contribution >= 0.6 is 11.6 Å². The van der Waals surface area contributed by atoms with Crippen LogP contribution in [0.25, 0.3) is 11.0 Å². The lowest BCUT2D eigenvalue weighted by Gasteiger charge is -2.09. The van der Waals surface area contributed by atoms with Gasteiger partial charge in [0.25, 0.3) is 5.91 Å². The molecule has 0 unspecified atom stereocenters. The minimum atomic E-state index is -0.408. The minimum absolute atomic E-state index is 0.0219. The molecule has 4 aromatic rings. The fourth-order valence-corrected chi connectivity index (χ4v) is 3.63. The van der Waals surface area contributed by atoms with E-state index in [-0.39, 0.29) is 11.7 Å². The van der Waals surface area contributed by atoms with E-state index >= 15 is 0 Å². The molecule has 7 heteroatoms. The van der Waals surface area contributed by atoms with Crippen LogP contribution in [0.15, 0.2) is 71.1 Å². The van der Waals surface area contributed by atoms with E-state index in [1.165, 1.54) is 13.2 Å². The molecular weight excluding hydrogens is 442 g/mol. The van der Waals surface area contributed by atoms with E-state index in [2.05, 4.69) is 5.32 Å². The molecule has 1 aromatic heterocycles. The van der Waals surface area contributed by atoms with Gasteiger partial charge in [0.1, 0.15) is 17.1 Å². The molecule has 0 saturated heterocycles. The van der Waals surface area contributed by atoms with Crippen LogP contribution in [0.1, 0.15) is 39.8 Å². The van der Waals surface area contributed by atoms with Gasteiger partial charge in [-0.3, -0.25) is 9.59 Å². The molecule has 0 fully saturated rings. The second-order valence-electron chi connectivity index (χ2n) is 7.31. The van der Waals surface area contributed by atoms with E-state index in [0.717, 1.165) is 6.42 Å². The molecule has 6 nitrogen and oxygen atoms in total. The highest BCUT2D eigenvalue weighted by molar-refractivity contribution is 6.32. The lowest BCUT2D eigenvalue weighted by molar-refractivity contribution is 0.101. The number of hydrogen-bond acceptors (Lipinski definition) is 5. The van der Waals surface area contributed by atoms with Gasteiger partial charge in [0.2, 0.25) is 5.78 Å². The van der Waals surface area contributed by atoms with E-state index in [4.69, 9.17) is 25.5 Å². The fourth-order valence-electron chi connectivity index (χ4n) is 3.38. The molecule has 3 aromatic carbocycles. The molecule has 1 heterocycles.